The Morgan fingerprint density at radius 1 is 0.564 bits per heavy atom. The topological polar surface area (TPSA) is 3.24 Å². The molecule has 0 aromatic heterocycles. The Bertz CT molecular complexity index is 1780. The van der Waals surface area contributed by atoms with Crippen molar-refractivity contribution >= 4 is 29.0 Å². The van der Waals surface area contributed by atoms with E-state index in [0.717, 1.165) is 0 Å². The van der Waals surface area contributed by atoms with Gasteiger partial charge in [0.15, 0.2) is 0 Å². The zero-order valence-corrected chi connectivity index (χ0v) is 22.0. The second kappa shape index (κ2) is 8.75. The van der Waals surface area contributed by atoms with Crippen LogP contribution in [0.5, 0.6) is 0 Å². The highest BCUT2D eigenvalue weighted by Crippen LogP contribution is 2.50. The fourth-order valence-corrected chi connectivity index (χ4v) is 7.18. The van der Waals surface area contributed by atoms with Crippen molar-refractivity contribution in [2.24, 2.45) is 5.92 Å². The van der Waals surface area contributed by atoms with Gasteiger partial charge < -0.3 is 4.81 Å². The molecule has 0 fully saturated rings. The van der Waals surface area contributed by atoms with Crippen LogP contribution in [0.1, 0.15) is 24.0 Å². The summed E-state index contributed by atoms with van der Waals surface area (Å²) in [5.74, 6) is 0.656. The summed E-state index contributed by atoms with van der Waals surface area (Å²) in [5, 5.41) is 0. The second-order valence-corrected chi connectivity index (χ2v) is 10.9. The molecule has 0 bridgehead atoms. The first-order valence-electron chi connectivity index (χ1n) is 13.9. The maximum absolute atomic E-state index is 2.65. The van der Waals surface area contributed by atoms with Crippen molar-refractivity contribution in [3.63, 3.8) is 0 Å². The van der Waals surface area contributed by atoms with Gasteiger partial charge in [-0.3, -0.25) is 0 Å². The maximum Gasteiger partial charge on any atom is 0.328 e. The molecule has 0 spiro atoms. The van der Waals surface area contributed by atoms with Gasteiger partial charge in [-0.1, -0.05) is 128 Å². The number of nitrogens with zero attached hydrogens (tertiary/aromatic N) is 1. The third kappa shape index (κ3) is 3.34. The van der Waals surface area contributed by atoms with Crippen LogP contribution in [0.2, 0.25) is 0 Å². The maximum atomic E-state index is 2.65. The average Bonchev–Trinajstić information content (AvgIpc) is 3.01. The Labute approximate surface area is 230 Å². The van der Waals surface area contributed by atoms with Crippen molar-refractivity contribution in [2.45, 2.75) is 12.8 Å². The molecule has 2 aliphatic heterocycles. The fourth-order valence-electron chi connectivity index (χ4n) is 7.18. The lowest BCUT2D eigenvalue weighted by molar-refractivity contribution is 0.614. The third-order valence-electron chi connectivity index (χ3n) is 8.92. The van der Waals surface area contributed by atoms with E-state index in [2.05, 4.69) is 151 Å². The summed E-state index contributed by atoms with van der Waals surface area (Å²) in [6, 6.07) is 46.8. The molecule has 1 nitrogen and oxygen atoms in total. The predicted octanol–water partition coefficient (Wildman–Crippen LogP) is 7.66. The normalized spacial score (nSPS) is 18.6. The number of rotatable bonds is 2. The van der Waals surface area contributed by atoms with Gasteiger partial charge in [-0.15, -0.1) is 0 Å². The number of anilines is 1. The molecule has 0 N–H and O–H groups in total. The van der Waals surface area contributed by atoms with Gasteiger partial charge in [-0.2, -0.15) is 0 Å². The van der Waals surface area contributed by atoms with Crippen LogP contribution < -0.4 is 15.7 Å². The quantitative estimate of drug-likeness (QED) is 0.226. The summed E-state index contributed by atoms with van der Waals surface area (Å²) >= 11 is 0. The molecule has 5 aromatic rings. The van der Waals surface area contributed by atoms with Gasteiger partial charge in [-0.05, 0) is 68.4 Å². The van der Waals surface area contributed by atoms with Gasteiger partial charge in [0.2, 0.25) is 0 Å². The summed E-state index contributed by atoms with van der Waals surface area (Å²) in [7, 11) is 0. The van der Waals surface area contributed by atoms with Crippen LogP contribution in [0, 0.1) is 5.92 Å². The van der Waals surface area contributed by atoms with Gasteiger partial charge in [0, 0.05) is 22.9 Å². The zero-order chi connectivity index (χ0) is 25.9. The molecule has 1 aliphatic carbocycles. The van der Waals surface area contributed by atoms with Crippen LogP contribution in [-0.4, -0.2) is 6.85 Å². The molecule has 39 heavy (non-hydrogen) atoms. The van der Waals surface area contributed by atoms with Crippen molar-refractivity contribution in [2.75, 3.05) is 4.81 Å². The molecule has 8 rings (SSSR count). The van der Waals surface area contributed by atoms with Crippen LogP contribution >= 0.6 is 0 Å². The van der Waals surface area contributed by atoms with Crippen molar-refractivity contribution in [3.8, 4) is 22.3 Å². The number of hydrogen-bond donors (Lipinski definition) is 0. The highest BCUT2D eigenvalue weighted by atomic mass is 15.1. The van der Waals surface area contributed by atoms with E-state index in [4.69, 9.17) is 0 Å². The number of hydrogen-bond acceptors (Lipinski definition) is 1. The Balaban J connectivity index is 1.39. The fraction of sp³-hybridized carbons (Fsp3) is 0.0811. The third-order valence-corrected chi connectivity index (χ3v) is 8.92. The first-order chi connectivity index (χ1) is 19.3. The zero-order valence-electron chi connectivity index (χ0n) is 22.0. The number of benzene rings is 5. The van der Waals surface area contributed by atoms with Crippen molar-refractivity contribution < 1.29 is 0 Å². The molecule has 2 unspecified atom stereocenters. The van der Waals surface area contributed by atoms with Crippen LogP contribution in [0.25, 0.3) is 27.8 Å². The molecule has 0 radical (unpaired) electrons. The Morgan fingerprint density at radius 3 is 2.03 bits per heavy atom. The van der Waals surface area contributed by atoms with Gasteiger partial charge in [-0.25, -0.2) is 0 Å². The molecule has 2 atom stereocenters. The standard InChI is InChI=1S/C37H28BN/c1-25-29(27-14-6-3-7-15-27)21-23-36-37(25)31-17-9-11-19-34(31)38-33-18-10-8-16-30(33)32-24-28(20-22-35(32)39(36)38)26-12-4-2-5-13-26/h2-25,37H,1H3. The number of allylic oxidation sites excluding steroid dienone is 4. The molecule has 2 heterocycles. The minimum Gasteiger partial charge on any atom is -0.379 e. The summed E-state index contributed by atoms with van der Waals surface area (Å²) in [6.45, 7) is 2.57. The molecule has 0 saturated heterocycles. The SMILES string of the molecule is CC1C(c2ccccc2)=CC=C2C1c1ccccc1B1c3ccccc3-c3cc(-c4ccccc4)ccc3N12. The van der Waals surface area contributed by atoms with Crippen LogP contribution in [0.15, 0.2) is 145 Å². The van der Waals surface area contributed by atoms with E-state index >= 15 is 0 Å². The molecule has 184 valence electrons. The van der Waals surface area contributed by atoms with Crippen LogP contribution in [0.4, 0.5) is 5.69 Å². The lowest BCUT2D eigenvalue weighted by Gasteiger charge is -2.49. The van der Waals surface area contributed by atoms with Gasteiger partial charge in [0.05, 0.1) is 0 Å². The lowest BCUT2D eigenvalue weighted by Crippen LogP contribution is -2.63. The van der Waals surface area contributed by atoms with E-state index in [9.17, 15) is 0 Å². The van der Waals surface area contributed by atoms with Gasteiger partial charge in [0.25, 0.3) is 0 Å². The lowest BCUT2D eigenvalue weighted by atomic mass is 9.41. The van der Waals surface area contributed by atoms with Crippen molar-refractivity contribution in [1.82, 2.24) is 0 Å². The van der Waals surface area contributed by atoms with Gasteiger partial charge in [0.1, 0.15) is 0 Å². The highest BCUT2D eigenvalue weighted by molar-refractivity contribution is 6.91. The van der Waals surface area contributed by atoms with E-state index in [1.54, 1.807) is 0 Å². The van der Waals surface area contributed by atoms with E-state index in [1.165, 1.54) is 61.3 Å². The second-order valence-electron chi connectivity index (χ2n) is 10.9. The monoisotopic (exact) mass is 497 g/mol. The highest BCUT2D eigenvalue weighted by Gasteiger charge is 2.47. The van der Waals surface area contributed by atoms with Crippen LogP contribution in [0.3, 0.4) is 0 Å². The molecule has 0 amide bonds. The summed E-state index contributed by atoms with van der Waals surface area (Å²) in [5.41, 5.74) is 14.8. The number of fused-ring (bicyclic) bond motifs is 11. The molecular weight excluding hydrogens is 469 g/mol. The van der Waals surface area contributed by atoms with Crippen molar-refractivity contribution in [1.29, 1.82) is 0 Å². The average molecular weight is 497 g/mol. The van der Waals surface area contributed by atoms with E-state index in [0.29, 0.717) is 11.8 Å². The molecular formula is C37H28BN. The van der Waals surface area contributed by atoms with E-state index < -0.39 is 0 Å². The van der Waals surface area contributed by atoms with Crippen LogP contribution in [-0.2, 0) is 0 Å². The molecule has 2 heteroatoms. The van der Waals surface area contributed by atoms with E-state index in [-0.39, 0.29) is 6.85 Å². The molecule has 3 aliphatic rings. The molecule has 0 saturated carbocycles. The Hall–Kier alpha value is -4.56. The minimum atomic E-state index is 0.161. The first kappa shape index (κ1) is 22.4. The predicted molar refractivity (Wildman–Crippen MR) is 166 cm³/mol. The summed E-state index contributed by atoms with van der Waals surface area (Å²) in [4.78, 5) is 2.65. The summed E-state index contributed by atoms with van der Waals surface area (Å²) in [6.07, 6.45) is 4.77. The molecule has 5 aromatic carbocycles. The van der Waals surface area contributed by atoms with Crippen molar-refractivity contribution in [3.05, 3.63) is 156 Å². The van der Waals surface area contributed by atoms with E-state index in [1.807, 2.05) is 0 Å². The largest absolute Gasteiger partial charge is 0.379 e. The minimum absolute atomic E-state index is 0.161. The first-order valence-corrected chi connectivity index (χ1v) is 13.9. The smallest absolute Gasteiger partial charge is 0.328 e. The summed E-state index contributed by atoms with van der Waals surface area (Å²) < 4.78 is 0. The van der Waals surface area contributed by atoms with Gasteiger partial charge >= 0.3 is 6.85 Å². The Morgan fingerprint density at radius 2 is 1.23 bits per heavy atom. The Kier molecular flexibility index (Phi) is 5.03.